The van der Waals surface area contributed by atoms with Gasteiger partial charge in [-0.05, 0) is 0 Å². The molecule has 0 spiro atoms. The summed E-state index contributed by atoms with van der Waals surface area (Å²) in [5.41, 5.74) is -0.345. The lowest BCUT2D eigenvalue weighted by molar-refractivity contribution is -0.554. The van der Waals surface area contributed by atoms with Crippen LogP contribution in [0.25, 0.3) is 0 Å². The fourth-order valence-electron chi connectivity index (χ4n) is 0.983. The fourth-order valence-corrected chi connectivity index (χ4v) is 0.983. The normalized spacial score (nSPS) is 21.7. The summed E-state index contributed by atoms with van der Waals surface area (Å²) in [6.45, 7) is 0. The minimum Gasteiger partial charge on any atom is -0.264 e. The third kappa shape index (κ3) is 1.47. The second-order valence-corrected chi connectivity index (χ2v) is 2.31. The molecule has 0 amide bonds. The number of nitro groups is 2. The molecule has 12 heavy (non-hydrogen) atoms. The Labute approximate surface area is 67.5 Å². The summed E-state index contributed by atoms with van der Waals surface area (Å²) in [5, 5.41) is 20.6. The number of rotatable bonds is 2. The lowest BCUT2D eigenvalue weighted by Gasteiger charge is -2.06. The summed E-state index contributed by atoms with van der Waals surface area (Å²) in [5.74, 6) is 0. The van der Waals surface area contributed by atoms with Gasteiger partial charge in [-0.15, -0.1) is 0 Å². The first kappa shape index (κ1) is 8.38. The molecule has 0 fully saturated rings. The van der Waals surface area contributed by atoms with Gasteiger partial charge in [0.1, 0.15) is 0 Å². The highest BCUT2D eigenvalue weighted by atomic mass is 16.6. The van der Waals surface area contributed by atoms with Crippen molar-refractivity contribution in [1.82, 2.24) is 0 Å². The largest absolute Gasteiger partial charge is 0.319 e. The molecule has 0 bridgehead atoms. The molecule has 0 saturated heterocycles. The minimum atomic E-state index is -1.19. The van der Waals surface area contributed by atoms with E-state index in [0.29, 0.717) is 0 Å². The third-order valence-electron chi connectivity index (χ3n) is 1.57. The van der Waals surface area contributed by atoms with Crippen LogP contribution in [-0.2, 0) is 0 Å². The predicted octanol–water partition coefficient (Wildman–Crippen LogP) is 0.752. The summed E-state index contributed by atoms with van der Waals surface area (Å²) in [6.07, 6.45) is 4.26. The van der Waals surface area contributed by atoms with Gasteiger partial charge in [0.2, 0.25) is 0 Å². The molecule has 0 aliphatic heterocycles. The van der Waals surface area contributed by atoms with Crippen molar-refractivity contribution < 1.29 is 9.85 Å². The number of nitrogens with zero attached hydrogens (tertiary/aromatic N) is 2. The zero-order chi connectivity index (χ0) is 9.14. The predicted molar refractivity (Wildman–Crippen MR) is 39.6 cm³/mol. The highest BCUT2D eigenvalue weighted by molar-refractivity contribution is 5.16. The monoisotopic (exact) mass is 170 g/mol. The lowest BCUT2D eigenvalue weighted by atomic mass is 10.1. The highest BCUT2D eigenvalue weighted by Gasteiger charge is 2.34. The topological polar surface area (TPSA) is 86.3 Å². The van der Waals surface area contributed by atoms with E-state index in [1.54, 1.807) is 6.08 Å². The van der Waals surface area contributed by atoms with Crippen LogP contribution >= 0.6 is 0 Å². The molecule has 0 saturated carbocycles. The van der Waals surface area contributed by atoms with E-state index in [1.807, 2.05) is 0 Å². The van der Waals surface area contributed by atoms with E-state index < -0.39 is 15.9 Å². The first-order valence-corrected chi connectivity index (χ1v) is 3.27. The highest BCUT2D eigenvalue weighted by Crippen LogP contribution is 2.15. The summed E-state index contributed by atoms with van der Waals surface area (Å²) in [4.78, 5) is 19.2. The van der Waals surface area contributed by atoms with Crippen LogP contribution in [0.5, 0.6) is 0 Å². The van der Waals surface area contributed by atoms with Crippen molar-refractivity contribution >= 4 is 0 Å². The Morgan fingerprint density at radius 1 is 1.42 bits per heavy atom. The quantitative estimate of drug-likeness (QED) is 0.452. The van der Waals surface area contributed by atoms with Gasteiger partial charge in [-0.25, -0.2) is 0 Å². The van der Waals surface area contributed by atoms with Gasteiger partial charge in [-0.2, -0.15) is 0 Å². The van der Waals surface area contributed by atoms with Crippen LogP contribution in [0.2, 0.25) is 0 Å². The van der Waals surface area contributed by atoms with E-state index in [9.17, 15) is 20.2 Å². The maximum absolute atomic E-state index is 10.3. The summed E-state index contributed by atoms with van der Waals surface area (Å²) < 4.78 is 0. The Morgan fingerprint density at radius 3 is 2.50 bits per heavy atom. The maximum Gasteiger partial charge on any atom is 0.319 e. The first-order chi connectivity index (χ1) is 5.63. The van der Waals surface area contributed by atoms with E-state index >= 15 is 0 Å². The van der Waals surface area contributed by atoms with Gasteiger partial charge < -0.3 is 0 Å². The maximum atomic E-state index is 10.3. The summed E-state index contributed by atoms with van der Waals surface area (Å²) in [6, 6.07) is -1.19. The first-order valence-electron chi connectivity index (χ1n) is 3.27. The summed E-state index contributed by atoms with van der Waals surface area (Å²) in [7, 11) is 0. The Balaban J connectivity index is 2.91. The van der Waals surface area contributed by atoms with Crippen LogP contribution in [0.4, 0.5) is 0 Å². The van der Waals surface area contributed by atoms with Crippen molar-refractivity contribution in [2.75, 3.05) is 0 Å². The third-order valence-corrected chi connectivity index (χ3v) is 1.57. The van der Waals surface area contributed by atoms with Crippen molar-refractivity contribution in [3.63, 3.8) is 0 Å². The van der Waals surface area contributed by atoms with Crippen molar-refractivity contribution in [2.24, 2.45) is 0 Å². The van der Waals surface area contributed by atoms with Crippen LogP contribution in [0.15, 0.2) is 23.9 Å². The molecule has 6 heteroatoms. The van der Waals surface area contributed by atoms with Gasteiger partial charge in [-0.1, -0.05) is 12.2 Å². The van der Waals surface area contributed by atoms with Gasteiger partial charge in [0, 0.05) is 17.4 Å². The molecule has 0 N–H and O–H groups in total. The average Bonchev–Trinajstić information content (AvgIpc) is 2.04. The molecule has 0 aromatic rings. The molecule has 1 atom stereocenters. The van der Waals surface area contributed by atoms with Crippen molar-refractivity contribution in [3.05, 3.63) is 44.2 Å². The van der Waals surface area contributed by atoms with Crippen LogP contribution in [0, 0.1) is 20.2 Å². The average molecular weight is 170 g/mol. The van der Waals surface area contributed by atoms with Gasteiger partial charge in [-0.3, -0.25) is 20.2 Å². The zero-order valence-electron chi connectivity index (χ0n) is 6.04. The SMILES string of the molecule is O=[N+]([O-])C1=CC=CCC1[N+](=O)[O-]. The van der Waals surface area contributed by atoms with Crippen molar-refractivity contribution in [1.29, 1.82) is 0 Å². The second-order valence-electron chi connectivity index (χ2n) is 2.31. The Bertz CT molecular complexity index is 281. The van der Waals surface area contributed by atoms with Crippen molar-refractivity contribution in [2.45, 2.75) is 12.5 Å². The second kappa shape index (κ2) is 3.12. The molecule has 0 aromatic carbocycles. The van der Waals surface area contributed by atoms with Crippen LogP contribution in [0.3, 0.4) is 0 Å². The Morgan fingerprint density at radius 2 is 2.08 bits per heavy atom. The molecule has 1 aliphatic rings. The lowest BCUT2D eigenvalue weighted by Crippen LogP contribution is -2.26. The molecule has 0 aromatic heterocycles. The van der Waals surface area contributed by atoms with E-state index in [4.69, 9.17) is 0 Å². The van der Waals surface area contributed by atoms with Crippen LogP contribution in [0.1, 0.15) is 6.42 Å². The molecule has 1 rings (SSSR count). The van der Waals surface area contributed by atoms with E-state index in [-0.39, 0.29) is 12.1 Å². The van der Waals surface area contributed by atoms with Gasteiger partial charge in [0.25, 0.3) is 0 Å². The molecular weight excluding hydrogens is 164 g/mol. The van der Waals surface area contributed by atoms with Gasteiger partial charge in [0.05, 0.1) is 4.92 Å². The van der Waals surface area contributed by atoms with E-state index in [0.717, 1.165) is 6.08 Å². The molecule has 6 nitrogen and oxygen atoms in total. The summed E-state index contributed by atoms with van der Waals surface area (Å²) >= 11 is 0. The number of hydrogen-bond acceptors (Lipinski definition) is 4. The molecule has 64 valence electrons. The van der Waals surface area contributed by atoms with Gasteiger partial charge in [0.15, 0.2) is 0 Å². The van der Waals surface area contributed by atoms with Crippen LogP contribution in [-0.4, -0.2) is 15.9 Å². The molecule has 1 aliphatic carbocycles. The van der Waals surface area contributed by atoms with E-state index in [2.05, 4.69) is 0 Å². The minimum absolute atomic E-state index is 0.0970. The number of hydrogen-bond donors (Lipinski definition) is 0. The standard InChI is InChI=1S/C6H6N2O4/c9-7(10)5-3-1-2-4-6(5)8(11)12/h1-3,6H,4H2. The smallest absolute Gasteiger partial charge is 0.264 e. The Hall–Kier alpha value is -1.72. The molecule has 0 heterocycles. The molecule has 1 unspecified atom stereocenters. The number of allylic oxidation sites excluding steroid dienone is 2. The van der Waals surface area contributed by atoms with Crippen LogP contribution < -0.4 is 0 Å². The fraction of sp³-hybridized carbons (Fsp3) is 0.333. The molecular formula is C6H6N2O4. The van der Waals surface area contributed by atoms with Crippen molar-refractivity contribution in [3.8, 4) is 0 Å². The zero-order valence-corrected chi connectivity index (χ0v) is 6.04. The molecule has 0 radical (unpaired) electrons. The van der Waals surface area contributed by atoms with Gasteiger partial charge >= 0.3 is 11.7 Å². The van der Waals surface area contributed by atoms with E-state index in [1.165, 1.54) is 6.08 Å². The Kier molecular flexibility index (Phi) is 2.18.